The van der Waals surface area contributed by atoms with Gasteiger partial charge in [-0.15, -0.1) is 0 Å². The molecule has 2 heterocycles. The van der Waals surface area contributed by atoms with E-state index in [4.69, 9.17) is 4.74 Å². The number of hydrogen-bond acceptors (Lipinski definition) is 6. The van der Waals surface area contributed by atoms with Gasteiger partial charge in [-0.1, -0.05) is 0 Å². The van der Waals surface area contributed by atoms with Gasteiger partial charge in [0, 0.05) is 30.4 Å². The van der Waals surface area contributed by atoms with Gasteiger partial charge in [-0.25, -0.2) is 9.97 Å². The van der Waals surface area contributed by atoms with Crippen LogP contribution in [-0.2, 0) is 0 Å². The Hall–Kier alpha value is -2.70. The molecule has 0 saturated carbocycles. The fourth-order valence-electron chi connectivity index (χ4n) is 1.73. The highest BCUT2D eigenvalue weighted by Crippen LogP contribution is 2.29. The number of nitro groups is 1. The molecule has 104 valence electrons. The lowest BCUT2D eigenvalue weighted by atomic mass is 10.1. The summed E-state index contributed by atoms with van der Waals surface area (Å²) in [6.07, 6.45) is 1.50. The van der Waals surface area contributed by atoms with Crippen LogP contribution in [0.1, 0.15) is 6.92 Å². The van der Waals surface area contributed by atoms with Gasteiger partial charge < -0.3 is 10.1 Å². The Balaban J connectivity index is 2.50. The molecule has 2 aromatic rings. The molecule has 0 radical (unpaired) electrons. The highest BCUT2D eigenvalue weighted by molar-refractivity contribution is 5.70. The van der Waals surface area contributed by atoms with E-state index in [0.29, 0.717) is 23.8 Å². The van der Waals surface area contributed by atoms with Crippen LogP contribution in [0.15, 0.2) is 30.5 Å². The van der Waals surface area contributed by atoms with Gasteiger partial charge in [0.2, 0.25) is 5.88 Å². The second kappa shape index (κ2) is 5.96. The molecule has 20 heavy (non-hydrogen) atoms. The summed E-state index contributed by atoms with van der Waals surface area (Å²) in [5.74, 6) is 1.03. The highest BCUT2D eigenvalue weighted by Gasteiger charge is 2.18. The van der Waals surface area contributed by atoms with Crippen LogP contribution in [0.25, 0.3) is 11.3 Å². The predicted molar refractivity (Wildman–Crippen MR) is 74.8 cm³/mol. The average Bonchev–Trinajstić information content (AvgIpc) is 2.47. The molecule has 0 aliphatic rings. The molecule has 0 amide bonds. The number of ether oxygens (including phenoxy) is 1. The first-order valence-electron chi connectivity index (χ1n) is 6.05. The molecule has 0 aromatic carbocycles. The Labute approximate surface area is 115 Å². The van der Waals surface area contributed by atoms with E-state index in [1.54, 1.807) is 18.2 Å². The molecular weight excluding hydrogens is 260 g/mol. The molecule has 0 spiro atoms. The zero-order valence-electron chi connectivity index (χ0n) is 11.2. The third-order valence-corrected chi connectivity index (χ3v) is 2.65. The summed E-state index contributed by atoms with van der Waals surface area (Å²) < 4.78 is 4.97. The fourth-order valence-corrected chi connectivity index (χ4v) is 1.73. The van der Waals surface area contributed by atoms with Crippen molar-refractivity contribution in [1.82, 2.24) is 9.97 Å². The zero-order chi connectivity index (χ0) is 14.5. The molecule has 7 nitrogen and oxygen atoms in total. The van der Waals surface area contributed by atoms with Crippen LogP contribution >= 0.6 is 0 Å². The number of nitrogens with zero attached hydrogens (tertiary/aromatic N) is 3. The maximum absolute atomic E-state index is 11.1. The highest BCUT2D eigenvalue weighted by atomic mass is 16.6. The minimum absolute atomic E-state index is 0.0568. The first kappa shape index (κ1) is 13.7. The summed E-state index contributed by atoms with van der Waals surface area (Å²) in [4.78, 5) is 19.0. The van der Waals surface area contributed by atoms with Gasteiger partial charge in [0.1, 0.15) is 5.82 Å². The van der Waals surface area contributed by atoms with Crippen LogP contribution in [0, 0.1) is 10.1 Å². The summed E-state index contributed by atoms with van der Waals surface area (Å²) in [7, 11) is 1.51. The first-order chi connectivity index (χ1) is 9.65. The van der Waals surface area contributed by atoms with Crippen LogP contribution in [-0.4, -0.2) is 28.5 Å². The monoisotopic (exact) mass is 274 g/mol. The average molecular weight is 274 g/mol. The summed E-state index contributed by atoms with van der Waals surface area (Å²) >= 11 is 0. The van der Waals surface area contributed by atoms with Gasteiger partial charge in [-0.2, -0.15) is 0 Å². The topological polar surface area (TPSA) is 90.2 Å². The first-order valence-corrected chi connectivity index (χ1v) is 6.05. The van der Waals surface area contributed by atoms with Crippen LogP contribution in [0.2, 0.25) is 0 Å². The Bertz CT molecular complexity index is 614. The van der Waals surface area contributed by atoms with Gasteiger partial charge in [-0.05, 0) is 19.1 Å². The molecule has 2 rings (SSSR count). The molecule has 0 aliphatic carbocycles. The standard InChI is InChI=1S/C13H14N4O3/c1-3-14-11-6-5-10(17(18)19)13(16-11)9-4-7-12(20-2)15-8-9/h4-8H,3H2,1-2H3,(H,14,16). The maximum atomic E-state index is 11.1. The van der Waals surface area contributed by atoms with Crippen molar-refractivity contribution in [2.75, 3.05) is 19.0 Å². The molecular formula is C13H14N4O3. The Morgan fingerprint density at radius 1 is 1.35 bits per heavy atom. The van der Waals surface area contributed by atoms with Crippen LogP contribution in [0.4, 0.5) is 11.5 Å². The summed E-state index contributed by atoms with van der Waals surface area (Å²) in [5.41, 5.74) is 0.791. The Morgan fingerprint density at radius 2 is 2.15 bits per heavy atom. The minimum atomic E-state index is -0.456. The Morgan fingerprint density at radius 3 is 2.70 bits per heavy atom. The van der Waals surface area contributed by atoms with Crippen molar-refractivity contribution in [1.29, 1.82) is 0 Å². The number of nitrogens with one attached hydrogen (secondary N) is 1. The van der Waals surface area contributed by atoms with Gasteiger partial charge in [0.05, 0.1) is 12.0 Å². The van der Waals surface area contributed by atoms with Crippen molar-refractivity contribution >= 4 is 11.5 Å². The SMILES string of the molecule is CCNc1ccc([N+](=O)[O-])c(-c2ccc(OC)nc2)n1. The number of methoxy groups -OCH3 is 1. The van der Waals surface area contributed by atoms with E-state index in [-0.39, 0.29) is 11.4 Å². The largest absolute Gasteiger partial charge is 0.481 e. The van der Waals surface area contributed by atoms with Crippen molar-refractivity contribution in [3.8, 4) is 17.1 Å². The lowest BCUT2D eigenvalue weighted by molar-refractivity contribution is -0.384. The predicted octanol–water partition coefficient (Wildman–Crippen LogP) is 2.49. The van der Waals surface area contributed by atoms with Crippen LogP contribution in [0.5, 0.6) is 5.88 Å². The Kier molecular flexibility index (Phi) is 4.09. The van der Waals surface area contributed by atoms with E-state index in [2.05, 4.69) is 15.3 Å². The van der Waals surface area contributed by atoms with Crippen LogP contribution in [0.3, 0.4) is 0 Å². The molecule has 0 bridgehead atoms. The number of hydrogen-bond donors (Lipinski definition) is 1. The van der Waals surface area contributed by atoms with Crippen LogP contribution < -0.4 is 10.1 Å². The number of pyridine rings is 2. The van der Waals surface area contributed by atoms with Crippen molar-refractivity contribution < 1.29 is 9.66 Å². The number of aromatic nitrogens is 2. The molecule has 0 fully saturated rings. The van der Waals surface area contributed by atoms with Gasteiger partial charge in [-0.3, -0.25) is 10.1 Å². The lowest BCUT2D eigenvalue weighted by Crippen LogP contribution is -2.02. The molecule has 7 heteroatoms. The molecule has 1 N–H and O–H groups in total. The van der Waals surface area contributed by atoms with Gasteiger partial charge >= 0.3 is 0 Å². The number of anilines is 1. The fraction of sp³-hybridized carbons (Fsp3) is 0.231. The molecule has 2 aromatic heterocycles. The lowest BCUT2D eigenvalue weighted by Gasteiger charge is -2.07. The van der Waals surface area contributed by atoms with Gasteiger partial charge in [0.15, 0.2) is 5.69 Å². The van der Waals surface area contributed by atoms with E-state index in [1.807, 2.05) is 6.92 Å². The minimum Gasteiger partial charge on any atom is -0.481 e. The van der Waals surface area contributed by atoms with Crippen molar-refractivity contribution in [2.24, 2.45) is 0 Å². The normalized spacial score (nSPS) is 10.1. The van der Waals surface area contributed by atoms with E-state index in [0.717, 1.165) is 0 Å². The summed E-state index contributed by atoms with van der Waals surface area (Å²) in [6.45, 7) is 2.61. The summed E-state index contributed by atoms with van der Waals surface area (Å²) in [6, 6.07) is 6.35. The molecule has 0 atom stereocenters. The van der Waals surface area contributed by atoms with Crippen molar-refractivity contribution in [3.05, 3.63) is 40.6 Å². The van der Waals surface area contributed by atoms with E-state index < -0.39 is 4.92 Å². The zero-order valence-corrected chi connectivity index (χ0v) is 11.2. The molecule has 0 saturated heterocycles. The van der Waals surface area contributed by atoms with E-state index in [9.17, 15) is 10.1 Å². The third kappa shape index (κ3) is 2.82. The second-order valence-corrected chi connectivity index (χ2v) is 3.94. The number of rotatable bonds is 5. The van der Waals surface area contributed by atoms with E-state index in [1.165, 1.54) is 19.4 Å². The third-order valence-electron chi connectivity index (χ3n) is 2.65. The summed E-state index contributed by atoms with van der Waals surface area (Å²) in [5, 5.41) is 14.1. The second-order valence-electron chi connectivity index (χ2n) is 3.94. The maximum Gasteiger partial charge on any atom is 0.295 e. The van der Waals surface area contributed by atoms with E-state index >= 15 is 0 Å². The van der Waals surface area contributed by atoms with Gasteiger partial charge in [0.25, 0.3) is 5.69 Å². The molecule has 0 unspecified atom stereocenters. The van der Waals surface area contributed by atoms with Crippen molar-refractivity contribution in [3.63, 3.8) is 0 Å². The smallest absolute Gasteiger partial charge is 0.295 e. The quantitative estimate of drug-likeness (QED) is 0.665. The molecule has 0 aliphatic heterocycles. The van der Waals surface area contributed by atoms with Crippen molar-refractivity contribution in [2.45, 2.75) is 6.92 Å².